The highest BCUT2D eigenvalue weighted by Gasteiger charge is 2.43. The summed E-state index contributed by atoms with van der Waals surface area (Å²) in [6.45, 7) is 2.38. The minimum atomic E-state index is -4.74. The van der Waals surface area contributed by atoms with Gasteiger partial charge >= 0.3 is 6.36 Å². The molecule has 118 valence electrons. The van der Waals surface area contributed by atoms with E-state index in [1.54, 1.807) is 6.07 Å². The highest BCUT2D eigenvalue weighted by Crippen LogP contribution is 2.36. The van der Waals surface area contributed by atoms with Gasteiger partial charge in [0.1, 0.15) is 12.2 Å². The smallest absolute Gasteiger partial charge is 0.484 e. The van der Waals surface area contributed by atoms with E-state index < -0.39 is 6.36 Å². The van der Waals surface area contributed by atoms with Crippen LogP contribution in [0.25, 0.3) is 0 Å². The predicted octanol–water partition coefficient (Wildman–Crippen LogP) is 2.73. The Morgan fingerprint density at radius 2 is 1.90 bits per heavy atom. The Morgan fingerprint density at radius 1 is 1.24 bits per heavy atom. The summed E-state index contributed by atoms with van der Waals surface area (Å²) in [7, 11) is 1.81. The average Bonchev–Trinajstić information content (AvgIpc) is 2.40. The Balaban J connectivity index is 2.06. The molecule has 0 heterocycles. The number of hydrogen-bond donors (Lipinski definition) is 1. The number of ether oxygens (including phenoxy) is 3. The second-order valence-corrected chi connectivity index (χ2v) is 4.70. The standard InChI is InChI=1S/C14H18F3NO3/c1-3-19-13-9(18-2)8-12(13)20-10-6-4-5-7-11(10)21-14(15,16)17/h4-7,9,12-13,18H,3,8H2,1-2H3. The van der Waals surface area contributed by atoms with Gasteiger partial charge in [0, 0.05) is 19.1 Å². The van der Waals surface area contributed by atoms with Crippen molar-refractivity contribution in [1.82, 2.24) is 5.32 Å². The van der Waals surface area contributed by atoms with Gasteiger partial charge in [-0.05, 0) is 26.1 Å². The third-order valence-electron chi connectivity index (χ3n) is 3.33. The van der Waals surface area contributed by atoms with Crippen LogP contribution in [0.3, 0.4) is 0 Å². The molecule has 1 aromatic rings. The highest BCUT2D eigenvalue weighted by atomic mass is 19.4. The lowest BCUT2D eigenvalue weighted by Gasteiger charge is -2.43. The van der Waals surface area contributed by atoms with E-state index >= 15 is 0 Å². The quantitative estimate of drug-likeness (QED) is 0.877. The summed E-state index contributed by atoms with van der Waals surface area (Å²) >= 11 is 0. The molecular weight excluding hydrogens is 287 g/mol. The molecule has 3 unspecified atom stereocenters. The summed E-state index contributed by atoms with van der Waals surface area (Å²) in [6.07, 6.45) is -4.55. The monoisotopic (exact) mass is 305 g/mol. The van der Waals surface area contributed by atoms with Gasteiger partial charge in [-0.1, -0.05) is 12.1 Å². The average molecular weight is 305 g/mol. The zero-order valence-corrected chi connectivity index (χ0v) is 11.8. The van der Waals surface area contributed by atoms with Gasteiger partial charge in [-0.25, -0.2) is 0 Å². The van der Waals surface area contributed by atoms with Crippen molar-refractivity contribution in [2.45, 2.75) is 38.0 Å². The number of hydrogen-bond acceptors (Lipinski definition) is 4. The maximum absolute atomic E-state index is 12.4. The van der Waals surface area contributed by atoms with Crippen LogP contribution in [-0.2, 0) is 4.74 Å². The van der Waals surface area contributed by atoms with Crippen molar-refractivity contribution in [3.63, 3.8) is 0 Å². The molecule has 1 saturated carbocycles. The minimum Gasteiger partial charge on any atom is -0.484 e. The maximum atomic E-state index is 12.4. The Bertz CT molecular complexity index is 467. The zero-order chi connectivity index (χ0) is 15.5. The van der Waals surface area contributed by atoms with Crippen LogP contribution in [0.15, 0.2) is 24.3 Å². The van der Waals surface area contributed by atoms with Crippen molar-refractivity contribution in [3.8, 4) is 11.5 Å². The zero-order valence-electron chi connectivity index (χ0n) is 11.8. The van der Waals surface area contributed by atoms with Gasteiger partial charge in [-0.15, -0.1) is 13.2 Å². The summed E-state index contributed by atoms with van der Waals surface area (Å²) in [5.74, 6) is -0.271. The second-order valence-electron chi connectivity index (χ2n) is 4.70. The van der Waals surface area contributed by atoms with Gasteiger partial charge in [0.25, 0.3) is 0 Å². The SMILES string of the molecule is CCOC1C(NC)CC1Oc1ccccc1OC(F)(F)F. The summed E-state index contributed by atoms with van der Waals surface area (Å²) in [5, 5.41) is 3.09. The van der Waals surface area contributed by atoms with Crippen molar-refractivity contribution in [1.29, 1.82) is 0 Å². The molecule has 4 nitrogen and oxygen atoms in total. The lowest BCUT2D eigenvalue weighted by atomic mass is 9.85. The fraction of sp³-hybridized carbons (Fsp3) is 0.571. The third kappa shape index (κ3) is 4.01. The molecule has 1 N–H and O–H groups in total. The Morgan fingerprint density at radius 3 is 2.48 bits per heavy atom. The normalized spacial score (nSPS) is 25.3. The molecule has 1 fully saturated rings. The third-order valence-corrected chi connectivity index (χ3v) is 3.33. The molecule has 0 aliphatic heterocycles. The summed E-state index contributed by atoms with van der Waals surface area (Å²) < 4.78 is 52.2. The molecule has 0 saturated heterocycles. The Kier molecular flexibility index (Phi) is 4.95. The lowest BCUT2D eigenvalue weighted by molar-refractivity contribution is -0.275. The summed E-state index contributed by atoms with van der Waals surface area (Å²) in [5.41, 5.74) is 0. The van der Waals surface area contributed by atoms with Gasteiger partial charge in [0.2, 0.25) is 0 Å². The molecule has 1 aliphatic rings. The fourth-order valence-corrected chi connectivity index (χ4v) is 2.31. The maximum Gasteiger partial charge on any atom is 0.573 e. The van der Waals surface area contributed by atoms with Crippen LogP contribution in [0.2, 0.25) is 0 Å². The molecule has 0 radical (unpaired) electrons. The molecule has 1 aromatic carbocycles. The van der Waals surface area contributed by atoms with Gasteiger partial charge in [0.15, 0.2) is 11.5 Å². The van der Waals surface area contributed by atoms with Gasteiger partial charge in [-0.2, -0.15) is 0 Å². The second kappa shape index (κ2) is 6.53. The first kappa shape index (κ1) is 15.9. The van der Waals surface area contributed by atoms with Crippen molar-refractivity contribution in [2.24, 2.45) is 0 Å². The predicted molar refractivity (Wildman–Crippen MR) is 70.4 cm³/mol. The van der Waals surface area contributed by atoms with Gasteiger partial charge in [0.05, 0.1) is 0 Å². The Labute approximate surface area is 121 Å². The van der Waals surface area contributed by atoms with Crippen LogP contribution in [0, 0.1) is 0 Å². The van der Waals surface area contributed by atoms with Crippen LogP contribution in [-0.4, -0.2) is 38.3 Å². The van der Waals surface area contributed by atoms with E-state index in [4.69, 9.17) is 9.47 Å². The number of benzene rings is 1. The molecule has 0 spiro atoms. The van der Waals surface area contributed by atoms with E-state index in [0.29, 0.717) is 13.0 Å². The first-order valence-electron chi connectivity index (χ1n) is 6.75. The number of para-hydroxylation sites is 2. The topological polar surface area (TPSA) is 39.7 Å². The van der Waals surface area contributed by atoms with E-state index in [-0.39, 0.29) is 29.7 Å². The van der Waals surface area contributed by atoms with Crippen LogP contribution in [0.5, 0.6) is 11.5 Å². The van der Waals surface area contributed by atoms with Crippen LogP contribution < -0.4 is 14.8 Å². The minimum absolute atomic E-state index is 0.0686. The van der Waals surface area contributed by atoms with E-state index in [9.17, 15) is 13.2 Å². The number of likely N-dealkylation sites (N-methyl/N-ethyl adjacent to an activating group) is 1. The van der Waals surface area contributed by atoms with E-state index in [2.05, 4.69) is 10.1 Å². The van der Waals surface area contributed by atoms with Crippen molar-refractivity contribution < 1.29 is 27.4 Å². The van der Waals surface area contributed by atoms with Gasteiger partial charge in [-0.3, -0.25) is 0 Å². The Hall–Kier alpha value is -1.47. The number of alkyl halides is 3. The van der Waals surface area contributed by atoms with Crippen molar-refractivity contribution >= 4 is 0 Å². The molecule has 0 bridgehead atoms. The molecule has 7 heteroatoms. The van der Waals surface area contributed by atoms with Crippen molar-refractivity contribution in [2.75, 3.05) is 13.7 Å². The molecule has 0 aromatic heterocycles. The van der Waals surface area contributed by atoms with Crippen molar-refractivity contribution in [3.05, 3.63) is 24.3 Å². The van der Waals surface area contributed by atoms with Crippen LogP contribution >= 0.6 is 0 Å². The largest absolute Gasteiger partial charge is 0.573 e. The summed E-state index contributed by atoms with van der Waals surface area (Å²) in [4.78, 5) is 0. The number of nitrogens with one attached hydrogen (secondary N) is 1. The fourth-order valence-electron chi connectivity index (χ4n) is 2.31. The highest BCUT2D eigenvalue weighted by molar-refractivity contribution is 5.40. The molecule has 3 atom stereocenters. The van der Waals surface area contributed by atoms with E-state index in [1.807, 2.05) is 14.0 Å². The van der Waals surface area contributed by atoms with Crippen LogP contribution in [0.1, 0.15) is 13.3 Å². The molecule has 21 heavy (non-hydrogen) atoms. The molecular formula is C14H18F3NO3. The lowest BCUT2D eigenvalue weighted by Crippen LogP contribution is -2.60. The summed E-state index contributed by atoms with van der Waals surface area (Å²) in [6, 6.07) is 5.89. The van der Waals surface area contributed by atoms with Gasteiger partial charge < -0.3 is 19.5 Å². The number of rotatable bonds is 6. The molecule has 0 amide bonds. The number of halogens is 3. The first-order valence-corrected chi connectivity index (χ1v) is 6.75. The van der Waals surface area contributed by atoms with E-state index in [0.717, 1.165) is 0 Å². The molecule has 2 rings (SSSR count). The van der Waals surface area contributed by atoms with Crippen LogP contribution in [0.4, 0.5) is 13.2 Å². The van der Waals surface area contributed by atoms with E-state index in [1.165, 1.54) is 18.2 Å². The first-order chi connectivity index (χ1) is 9.94. The molecule has 1 aliphatic carbocycles.